The summed E-state index contributed by atoms with van der Waals surface area (Å²) in [7, 11) is 0. The van der Waals surface area contributed by atoms with Crippen LogP contribution in [0.2, 0.25) is 0 Å². The number of nitrogens with one attached hydrogen (secondary N) is 1. The van der Waals surface area contributed by atoms with Gasteiger partial charge in [0.05, 0.1) is 25.0 Å². The van der Waals surface area contributed by atoms with Crippen molar-refractivity contribution in [3.05, 3.63) is 54.4 Å². The number of hydrogen-bond donors (Lipinski definition) is 2. The molecule has 0 radical (unpaired) electrons. The minimum Gasteiger partial charge on any atom is -0.396 e. The first-order chi connectivity index (χ1) is 17.7. The topological polar surface area (TPSA) is 123 Å². The van der Waals surface area contributed by atoms with E-state index in [0.29, 0.717) is 43.8 Å². The lowest BCUT2D eigenvalue weighted by Crippen LogP contribution is -2.57. The molecule has 2 saturated heterocycles. The summed E-state index contributed by atoms with van der Waals surface area (Å²) < 4.78 is 0. The van der Waals surface area contributed by atoms with Crippen LogP contribution in [0.25, 0.3) is 11.0 Å². The van der Waals surface area contributed by atoms with Crippen LogP contribution in [-0.4, -0.2) is 86.1 Å². The van der Waals surface area contributed by atoms with Gasteiger partial charge in [0.15, 0.2) is 11.4 Å². The summed E-state index contributed by atoms with van der Waals surface area (Å²) in [5, 5.41) is 17.1. The normalized spacial score (nSPS) is 17.7. The number of carbonyl (C=O) groups is 3. The molecule has 2 amide bonds. The van der Waals surface area contributed by atoms with Crippen LogP contribution in [0.4, 0.5) is 5.69 Å². The molecule has 2 aliphatic rings. The van der Waals surface area contributed by atoms with Gasteiger partial charge in [-0.1, -0.05) is 32.0 Å². The summed E-state index contributed by atoms with van der Waals surface area (Å²) in [6, 6.07) is 11.5. The highest BCUT2D eigenvalue weighted by Crippen LogP contribution is 2.40. The molecular formula is C27H32N6O4. The van der Waals surface area contributed by atoms with Crippen LogP contribution in [0.1, 0.15) is 43.5 Å². The van der Waals surface area contributed by atoms with Crippen LogP contribution >= 0.6 is 0 Å². The van der Waals surface area contributed by atoms with Gasteiger partial charge in [-0.3, -0.25) is 19.5 Å². The number of para-hydroxylation sites is 1. The van der Waals surface area contributed by atoms with E-state index in [1.165, 1.54) is 0 Å². The Hall–Kier alpha value is -3.79. The molecule has 2 aliphatic heterocycles. The number of benzene rings is 1. The minimum atomic E-state index is -0.822. The maximum atomic E-state index is 13.9. The third-order valence-electron chi connectivity index (χ3n) is 7.47. The molecule has 0 saturated carbocycles. The number of Topliss-reactive ketones (excluding diaryl/α,β-unsaturated/α-hetero) is 1. The summed E-state index contributed by atoms with van der Waals surface area (Å²) in [6.07, 6.45) is 4.30. The van der Waals surface area contributed by atoms with E-state index in [1.807, 2.05) is 44.2 Å². The third-order valence-corrected chi connectivity index (χ3v) is 7.47. The first kappa shape index (κ1) is 24.9. The molecule has 0 atom stereocenters. The predicted molar refractivity (Wildman–Crippen MR) is 138 cm³/mol. The number of aliphatic hydroxyl groups is 1. The number of pyridine rings is 1. The zero-order valence-corrected chi connectivity index (χ0v) is 21.2. The Morgan fingerprint density at radius 3 is 2.57 bits per heavy atom. The van der Waals surface area contributed by atoms with Crippen molar-refractivity contribution in [3.8, 4) is 0 Å². The van der Waals surface area contributed by atoms with Crippen molar-refractivity contribution >= 4 is 34.3 Å². The zero-order chi connectivity index (χ0) is 26.2. The number of anilines is 1. The molecule has 2 N–H and O–H groups in total. The second-order valence-corrected chi connectivity index (χ2v) is 10.8. The lowest BCUT2D eigenvalue weighted by Gasteiger charge is -2.43. The van der Waals surface area contributed by atoms with E-state index in [2.05, 4.69) is 20.1 Å². The number of aliphatic hydroxyl groups excluding tert-OH is 1. The van der Waals surface area contributed by atoms with E-state index >= 15 is 0 Å². The summed E-state index contributed by atoms with van der Waals surface area (Å²) in [5.41, 5.74) is 0.673. The van der Waals surface area contributed by atoms with Gasteiger partial charge in [-0.05, 0) is 36.5 Å². The number of aromatic nitrogens is 3. The van der Waals surface area contributed by atoms with Crippen LogP contribution in [0.15, 0.2) is 48.8 Å². The van der Waals surface area contributed by atoms with Crippen molar-refractivity contribution in [3.63, 3.8) is 0 Å². The van der Waals surface area contributed by atoms with Crippen molar-refractivity contribution in [1.82, 2.24) is 25.0 Å². The quantitative estimate of drug-likeness (QED) is 0.506. The second-order valence-electron chi connectivity index (χ2n) is 10.8. The first-order valence-corrected chi connectivity index (χ1v) is 12.6. The van der Waals surface area contributed by atoms with Crippen molar-refractivity contribution in [1.29, 1.82) is 0 Å². The van der Waals surface area contributed by atoms with E-state index < -0.39 is 11.0 Å². The number of likely N-dealkylation sites (tertiary alicyclic amines) is 1. The number of fused-ring (bicyclic) bond motifs is 1. The summed E-state index contributed by atoms with van der Waals surface area (Å²) in [6.45, 7) is 4.71. The van der Waals surface area contributed by atoms with Crippen molar-refractivity contribution < 1.29 is 19.5 Å². The van der Waals surface area contributed by atoms with Gasteiger partial charge in [-0.25, -0.2) is 4.98 Å². The number of piperidine rings is 1. The van der Waals surface area contributed by atoms with Gasteiger partial charge in [-0.2, -0.15) is 5.10 Å². The Morgan fingerprint density at radius 2 is 1.86 bits per heavy atom. The number of ketones is 1. The van der Waals surface area contributed by atoms with Crippen LogP contribution in [0.5, 0.6) is 0 Å². The maximum absolute atomic E-state index is 13.9. The Bertz CT molecular complexity index is 1310. The molecule has 0 bridgehead atoms. The Morgan fingerprint density at radius 1 is 1.14 bits per heavy atom. The monoisotopic (exact) mass is 504 g/mol. The lowest BCUT2D eigenvalue weighted by molar-refractivity contribution is -0.137. The number of nitrogens with zero attached hydrogens (tertiary/aromatic N) is 5. The van der Waals surface area contributed by atoms with Crippen LogP contribution in [0.3, 0.4) is 0 Å². The molecular weight excluding hydrogens is 472 g/mol. The van der Waals surface area contributed by atoms with Gasteiger partial charge in [0.2, 0.25) is 5.91 Å². The molecule has 2 aromatic heterocycles. The number of hydrogen-bond acceptors (Lipinski definition) is 7. The molecule has 2 fully saturated rings. The minimum absolute atomic E-state index is 0.00632. The van der Waals surface area contributed by atoms with Crippen molar-refractivity contribution in [2.75, 3.05) is 37.8 Å². The van der Waals surface area contributed by atoms with Crippen LogP contribution < -0.4 is 4.90 Å². The van der Waals surface area contributed by atoms with Gasteiger partial charge in [-0.15, -0.1) is 0 Å². The van der Waals surface area contributed by atoms with E-state index in [0.717, 1.165) is 11.1 Å². The Kier molecular flexibility index (Phi) is 6.45. The Balaban J connectivity index is 1.35. The van der Waals surface area contributed by atoms with E-state index in [4.69, 9.17) is 0 Å². The van der Waals surface area contributed by atoms with Crippen molar-refractivity contribution in [2.45, 2.75) is 38.6 Å². The van der Waals surface area contributed by atoms with Gasteiger partial charge in [0.25, 0.3) is 5.91 Å². The number of rotatable bonds is 7. The van der Waals surface area contributed by atoms with Crippen molar-refractivity contribution in [2.24, 2.45) is 5.41 Å². The second kappa shape index (κ2) is 9.59. The smallest absolute Gasteiger partial charge is 0.255 e. The average Bonchev–Trinajstić information content (AvgIpc) is 3.47. The van der Waals surface area contributed by atoms with Gasteiger partial charge >= 0.3 is 0 Å². The first-order valence-electron chi connectivity index (χ1n) is 12.6. The molecule has 0 unspecified atom stereocenters. The van der Waals surface area contributed by atoms with E-state index in [1.54, 1.807) is 28.3 Å². The number of amides is 2. The Labute approximate surface area is 215 Å². The fourth-order valence-corrected chi connectivity index (χ4v) is 5.40. The molecule has 1 spiro atoms. The molecule has 3 aromatic rings. The highest BCUT2D eigenvalue weighted by Gasteiger charge is 2.54. The summed E-state index contributed by atoms with van der Waals surface area (Å²) >= 11 is 0. The number of H-pyrrole nitrogens is 1. The van der Waals surface area contributed by atoms with Crippen LogP contribution in [-0.2, 0) is 9.59 Å². The SMILES string of the molecule is CC(C)(CO)CC(=O)CN1CN(c2ccccc2)C2(CCN(C(=O)c3cnc4[nH]ncc4c3)CC2)C1=O. The summed E-state index contributed by atoms with van der Waals surface area (Å²) in [5.74, 6) is -0.285. The molecule has 5 rings (SSSR count). The molecule has 10 heteroatoms. The average molecular weight is 505 g/mol. The lowest BCUT2D eigenvalue weighted by atomic mass is 9.85. The summed E-state index contributed by atoms with van der Waals surface area (Å²) in [4.78, 5) is 49.7. The van der Waals surface area contributed by atoms with Gasteiger partial charge < -0.3 is 19.8 Å². The fraction of sp³-hybridized carbons (Fsp3) is 0.444. The zero-order valence-electron chi connectivity index (χ0n) is 21.2. The molecule has 37 heavy (non-hydrogen) atoms. The fourth-order valence-electron chi connectivity index (χ4n) is 5.40. The van der Waals surface area contributed by atoms with Crippen LogP contribution in [0, 0.1) is 5.41 Å². The van der Waals surface area contributed by atoms with Gasteiger partial charge in [0.1, 0.15) is 5.54 Å². The largest absolute Gasteiger partial charge is 0.396 e. The third kappa shape index (κ3) is 4.69. The molecule has 10 nitrogen and oxygen atoms in total. The highest BCUT2D eigenvalue weighted by atomic mass is 16.3. The number of carbonyl (C=O) groups excluding carboxylic acids is 3. The van der Waals surface area contributed by atoms with E-state index in [-0.39, 0.29) is 37.2 Å². The number of aromatic amines is 1. The predicted octanol–water partition coefficient (Wildman–Crippen LogP) is 2.22. The molecule has 4 heterocycles. The molecule has 0 aliphatic carbocycles. The standard InChI is InChI=1S/C27H32N6O4/c1-26(2,17-34)13-22(35)16-32-18-33(21-6-4-3-5-7-21)27(25(32)37)8-10-31(11-9-27)24(36)20-12-19-15-29-30-23(19)28-14-20/h3-7,12,14-15,34H,8-11,13,16-18H2,1-2H3,(H,28,29,30). The molecule has 1 aromatic carbocycles. The van der Waals surface area contributed by atoms with Gasteiger partial charge in [0, 0.05) is 43.4 Å². The maximum Gasteiger partial charge on any atom is 0.255 e. The molecule has 194 valence electrons. The van der Waals surface area contributed by atoms with E-state index in [9.17, 15) is 19.5 Å². The highest BCUT2D eigenvalue weighted by molar-refractivity contribution is 5.99.